The van der Waals surface area contributed by atoms with Gasteiger partial charge in [-0.3, -0.25) is 0 Å². The first-order valence-corrected chi connectivity index (χ1v) is 5.78. The third kappa shape index (κ3) is 2.16. The van der Waals surface area contributed by atoms with Gasteiger partial charge in [-0.25, -0.2) is 0 Å². The van der Waals surface area contributed by atoms with Crippen molar-refractivity contribution in [3.63, 3.8) is 0 Å². The van der Waals surface area contributed by atoms with Crippen LogP contribution in [0.3, 0.4) is 0 Å². The molecule has 0 saturated heterocycles. The van der Waals surface area contributed by atoms with Crippen LogP contribution in [0.5, 0.6) is 0 Å². The topological polar surface area (TPSA) is 39.9 Å². The third-order valence-electron chi connectivity index (χ3n) is 2.94. The largest absolute Gasteiger partial charge is 0.383 e. The fourth-order valence-electron chi connectivity index (χ4n) is 1.83. The molecule has 0 amide bonds. The molecule has 1 aliphatic carbocycles. The molecule has 1 aliphatic rings. The van der Waals surface area contributed by atoms with E-state index in [1.54, 1.807) is 7.11 Å². The first-order chi connectivity index (χ1) is 7.27. The molecule has 84 valence electrons. The Balaban J connectivity index is 2.17. The maximum absolute atomic E-state index is 5.82. The van der Waals surface area contributed by atoms with E-state index in [0.717, 1.165) is 24.1 Å². The summed E-state index contributed by atoms with van der Waals surface area (Å²) in [5.74, 6) is 3.65. The Hall–Kier alpha value is -0.610. The lowest BCUT2D eigenvalue weighted by molar-refractivity contribution is 0.185. The minimum atomic E-state index is 0.414. The van der Waals surface area contributed by atoms with Gasteiger partial charge in [0.2, 0.25) is 0 Å². The summed E-state index contributed by atoms with van der Waals surface area (Å²) in [6, 6.07) is 0. The van der Waals surface area contributed by atoms with Gasteiger partial charge >= 0.3 is 0 Å². The zero-order valence-electron chi connectivity index (χ0n) is 9.11. The van der Waals surface area contributed by atoms with Crippen LogP contribution >= 0.6 is 11.6 Å². The Bertz CT molecular complexity index is 339. The summed E-state index contributed by atoms with van der Waals surface area (Å²) in [5, 5.41) is 8.33. The van der Waals surface area contributed by atoms with Crippen LogP contribution < -0.4 is 0 Å². The van der Waals surface area contributed by atoms with Crippen molar-refractivity contribution in [1.82, 2.24) is 14.8 Å². The van der Waals surface area contributed by atoms with E-state index in [9.17, 15) is 0 Å². The van der Waals surface area contributed by atoms with Crippen LogP contribution in [0.25, 0.3) is 0 Å². The smallest absolute Gasteiger partial charge is 0.148 e. The molecule has 1 aromatic heterocycles. The van der Waals surface area contributed by atoms with Gasteiger partial charge in [0.25, 0.3) is 0 Å². The SMILES string of the molecule is COCCn1c(CCl)nnc1C1CC1C. The van der Waals surface area contributed by atoms with E-state index in [2.05, 4.69) is 21.7 Å². The molecular formula is C10H16ClN3O. The average Bonchev–Trinajstić information content (AvgIpc) is 2.81. The Kier molecular flexibility index (Phi) is 3.26. The minimum Gasteiger partial charge on any atom is -0.383 e. The first kappa shape index (κ1) is 10.9. The number of methoxy groups -OCH3 is 1. The highest BCUT2D eigenvalue weighted by Crippen LogP contribution is 2.46. The molecule has 0 spiro atoms. The normalized spacial score (nSPS) is 24.5. The molecule has 1 aromatic rings. The molecule has 0 N–H and O–H groups in total. The van der Waals surface area contributed by atoms with Crippen molar-refractivity contribution < 1.29 is 4.74 Å². The van der Waals surface area contributed by atoms with Gasteiger partial charge in [-0.15, -0.1) is 21.8 Å². The number of alkyl halides is 1. The molecule has 5 heteroatoms. The van der Waals surface area contributed by atoms with Gasteiger partial charge < -0.3 is 9.30 Å². The van der Waals surface area contributed by atoms with E-state index < -0.39 is 0 Å². The van der Waals surface area contributed by atoms with Gasteiger partial charge in [0.1, 0.15) is 11.6 Å². The van der Waals surface area contributed by atoms with Crippen LogP contribution in [0.4, 0.5) is 0 Å². The molecule has 0 bridgehead atoms. The second-order valence-corrected chi connectivity index (χ2v) is 4.34. The first-order valence-electron chi connectivity index (χ1n) is 5.24. The Labute approximate surface area is 94.6 Å². The van der Waals surface area contributed by atoms with Crippen molar-refractivity contribution >= 4 is 11.6 Å². The van der Waals surface area contributed by atoms with E-state index in [0.29, 0.717) is 18.4 Å². The number of rotatable bonds is 5. The summed E-state index contributed by atoms with van der Waals surface area (Å²) < 4.78 is 7.18. The fourth-order valence-corrected chi connectivity index (χ4v) is 2.03. The molecule has 2 unspecified atom stereocenters. The molecule has 1 saturated carbocycles. The Morgan fingerprint density at radius 3 is 2.80 bits per heavy atom. The van der Waals surface area contributed by atoms with Crippen LogP contribution in [0.2, 0.25) is 0 Å². The van der Waals surface area contributed by atoms with E-state index in [1.807, 2.05) is 0 Å². The predicted octanol–water partition coefficient (Wildman–Crippen LogP) is 1.79. The molecule has 1 heterocycles. The summed E-state index contributed by atoms with van der Waals surface area (Å²) in [6.07, 6.45) is 1.22. The summed E-state index contributed by atoms with van der Waals surface area (Å²) in [6.45, 7) is 3.71. The highest BCUT2D eigenvalue weighted by atomic mass is 35.5. The standard InChI is InChI=1S/C10H16ClN3O/c1-7-5-8(7)10-13-12-9(6-11)14(10)3-4-15-2/h7-8H,3-6H2,1-2H3. The number of hydrogen-bond acceptors (Lipinski definition) is 3. The minimum absolute atomic E-state index is 0.414. The molecule has 0 aromatic carbocycles. The quantitative estimate of drug-likeness (QED) is 0.723. The van der Waals surface area contributed by atoms with Crippen LogP contribution in [-0.4, -0.2) is 28.5 Å². The molecule has 2 atom stereocenters. The van der Waals surface area contributed by atoms with Crippen molar-refractivity contribution in [1.29, 1.82) is 0 Å². The zero-order valence-corrected chi connectivity index (χ0v) is 9.87. The molecular weight excluding hydrogens is 214 g/mol. The Morgan fingerprint density at radius 1 is 1.53 bits per heavy atom. The lowest BCUT2D eigenvalue weighted by Crippen LogP contribution is -2.10. The van der Waals surface area contributed by atoms with Gasteiger partial charge in [0, 0.05) is 19.6 Å². The van der Waals surface area contributed by atoms with E-state index in [-0.39, 0.29) is 0 Å². The molecule has 1 fully saturated rings. The predicted molar refractivity (Wildman–Crippen MR) is 58.0 cm³/mol. The second-order valence-electron chi connectivity index (χ2n) is 4.07. The van der Waals surface area contributed by atoms with E-state index in [4.69, 9.17) is 16.3 Å². The van der Waals surface area contributed by atoms with Gasteiger partial charge in [-0.2, -0.15) is 0 Å². The van der Waals surface area contributed by atoms with Crippen LogP contribution in [0.1, 0.15) is 30.9 Å². The van der Waals surface area contributed by atoms with E-state index >= 15 is 0 Å². The lowest BCUT2D eigenvalue weighted by atomic mass is 10.3. The highest BCUT2D eigenvalue weighted by Gasteiger charge is 2.38. The van der Waals surface area contributed by atoms with Crippen molar-refractivity contribution in [2.24, 2.45) is 5.92 Å². The average molecular weight is 230 g/mol. The zero-order chi connectivity index (χ0) is 10.8. The lowest BCUT2D eigenvalue weighted by Gasteiger charge is -2.07. The number of aromatic nitrogens is 3. The fraction of sp³-hybridized carbons (Fsp3) is 0.800. The van der Waals surface area contributed by atoms with Crippen LogP contribution in [0, 0.1) is 5.92 Å². The van der Waals surface area contributed by atoms with Gasteiger partial charge in [-0.1, -0.05) is 6.92 Å². The molecule has 2 rings (SSSR count). The summed E-state index contributed by atoms with van der Waals surface area (Å²) >= 11 is 5.82. The molecule has 0 aliphatic heterocycles. The van der Waals surface area contributed by atoms with Crippen molar-refractivity contribution in [2.45, 2.75) is 31.7 Å². The summed E-state index contributed by atoms with van der Waals surface area (Å²) in [7, 11) is 1.70. The van der Waals surface area contributed by atoms with E-state index in [1.165, 1.54) is 6.42 Å². The van der Waals surface area contributed by atoms with Crippen molar-refractivity contribution in [3.05, 3.63) is 11.6 Å². The summed E-state index contributed by atoms with van der Waals surface area (Å²) in [5.41, 5.74) is 0. The molecule has 4 nitrogen and oxygen atoms in total. The number of halogens is 1. The van der Waals surface area contributed by atoms with Gasteiger partial charge in [0.05, 0.1) is 12.5 Å². The monoisotopic (exact) mass is 229 g/mol. The van der Waals surface area contributed by atoms with Crippen LogP contribution in [0.15, 0.2) is 0 Å². The molecule has 0 radical (unpaired) electrons. The second kappa shape index (κ2) is 4.49. The Morgan fingerprint density at radius 2 is 2.27 bits per heavy atom. The molecule has 15 heavy (non-hydrogen) atoms. The highest BCUT2D eigenvalue weighted by molar-refractivity contribution is 6.16. The maximum atomic E-state index is 5.82. The number of hydrogen-bond donors (Lipinski definition) is 0. The van der Waals surface area contributed by atoms with Crippen LogP contribution in [-0.2, 0) is 17.2 Å². The number of ether oxygens (including phenoxy) is 1. The maximum Gasteiger partial charge on any atom is 0.148 e. The summed E-state index contributed by atoms with van der Waals surface area (Å²) in [4.78, 5) is 0. The van der Waals surface area contributed by atoms with Gasteiger partial charge in [-0.05, 0) is 12.3 Å². The van der Waals surface area contributed by atoms with Crippen molar-refractivity contribution in [2.75, 3.05) is 13.7 Å². The number of nitrogens with zero attached hydrogens (tertiary/aromatic N) is 3. The van der Waals surface area contributed by atoms with Crippen molar-refractivity contribution in [3.8, 4) is 0 Å². The third-order valence-corrected chi connectivity index (χ3v) is 3.17. The van der Waals surface area contributed by atoms with Gasteiger partial charge in [0.15, 0.2) is 0 Å².